The minimum atomic E-state index is -1.20. The molecule has 0 aliphatic rings. The van der Waals surface area contributed by atoms with E-state index < -0.39 is 5.97 Å². The predicted octanol–water partition coefficient (Wildman–Crippen LogP) is -0.0466. The number of carboxylic acid groups (broad SMARTS) is 1. The highest BCUT2D eigenvalue weighted by Crippen LogP contribution is 2.08. The van der Waals surface area contributed by atoms with Gasteiger partial charge in [0.2, 0.25) is 0 Å². The molecule has 0 unspecified atom stereocenters. The zero-order valence-corrected chi connectivity index (χ0v) is 12.1. The van der Waals surface area contributed by atoms with Gasteiger partial charge in [0.05, 0.1) is 13.2 Å². The molecule has 0 saturated carbocycles. The lowest BCUT2D eigenvalue weighted by Crippen LogP contribution is -2.52. The average molecular weight is 289 g/mol. The molecular formula is C14H27NO5. The molecule has 0 aromatic heterocycles. The maximum atomic E-state index is 10.4. The topological polar surface area (TPSA) is 89.8 Å². The van der Waals surface area contributed by atoms with Gasteiger partial charge >= 0.3 is 0 Å². The number of unbranched alkanes of at least 4 members (excludes halogenated alkanes) is 4. The first kappa shape index (κ1) is 19.1. The zero-order chi connectivity index (χ0) is 15.3. The molecule has 0 bridgehead atoms. The van der Waals surface area contributed by atoms with Gasteiger partial charge in [-0.15, -0.1) is 6.58 Å². The van der Waals surface area contributed by atoms with Gasteiger partial charge in [-0.2, -0.15) is 0 Å². The molecule has 0 aromatic rings. The van der Waals surface area contributed by atoms with Crippen LogP contribution in [0.4, 0.5) is 0 Å². The highest BCUT2D eigenvalue weighted by Gasteiger charge is 2.25. The maximum Gasteiger partial charge on any atom is 0.186 e. The van der Waals surface area contributed by atoms with E-state index in [0.29, 0.717) is 6.61 Å². The van der Waals surface area contributed by atoms with Gasteiger partial charge in [0.25, 0.3) is 0 Å². The first-order valence-electron chi connectivity index (χ1n) is 7.05. The molecule has 0 fully saturated rings. The van der Waals surface area contributed by atoms with Crippen molar-refractivity contribution < 1.29 is 29.3 Å². The number of aliphatic carboxylic acids is 1. The summed E-state index contributed by atoms with van der Waals surface area (Å²) in [6, 6.07) is 0. The maximum absolute atomic E-state index is 10.4. The normalized spacial score (nSPS) is 11.5. The fourth-order valence-electron chi connectivity index (χ4n) is 1.77. The number of hydrogen-bond donors (Lipinski definition) is 2. The van der Waals surface area contributed by atoms with E-state index in [0.717, 1.165) is 32.1 Å². The summed E-state index contributed by atoms with van der Waals surface area (Å²) in [6.07, 6.45) is 6.94. The smallest absolute Gasteiger partial charge is 0.186 e. The van der Waals surface area contributed by atoms with Gasteiger partial charge < -0.3 is 24.9 Å². The number of rotatable bonds is 14. The fraction of sp³-hybridized carbons (Fsp3) is 0.786. The SMILES string of the molecule is C=CCCCCCCOC[N+](CO)(CO)CCC(=O)[O-]. The van der Waals surface area contributed by atoms with Crippen molar-refractivity contribution >= 4 is 5.97 Å². The molecule has 0 rings (SSSR count). The van der Waals surface area contributed by atoms with E-state index in [1.807, 2.05) is 6.08 Å². The van der Waals surface area contributed by atoms with Gasteiger partial charge in [-0.25, -0.2) is 0 Å². The second kappa shape index (κ2) is 11.8. The van der Waals surface area contributed by atoms with Crippen molar-refractivity contribution in [2.45, 2.75) is 38.5 Å². The molecule has 0 spiro atoms. The third kappa shape index (κ3) is 9.03. The van der Waals surface area contributed by atoms with Crippen LogP contribution in [0.3, 0.4) is 0 Å². The van der Waals surface area contributed by atoms with Gasteiger partial charge in [-0.05, 0) is 19.3 Å². The number of aliphatic hydroxyl groups is 2. The lowest BCUT2D eigenvalue weighted by molar-refractivity contribution is -0.976. The molecule has 0 amide bonds. The Balaban J connectivity index is 3.79. The first-order chi connectivity index (χ1) is 9.60. The number of carbonyl (C=O) groups excluding carboxylic acids is 1. The summed E-state index contributed by atoms with van der Waals surface area (Å²) >= 11 is 0. The molecule has 0 aliphatic heterocycles. The Hall–Kier alpha value is -0.950. The molecule has 0 saturated heterocycles. The number of aliphatic hydroxyl groups excluding tert-OH is 2. The number of hydrogen-bond acceptors (Lipinski definition) is 5. The molecule has 0 atom stereocenters. The van der Waals surface area contributed by atoms with E-state index in [9.17, 15) is 20.1 Å². The summed E-state index contributed by atoms with van der Waals surface area (Å²) in [4.78, 5) is 10.4. The van der Waals surface area contributed by atoms with Crippen LogP contribution in [0, 0.1) is 0 Å². The van der Waals surface area contributed by atoms with E-state index in [1.165, 1.54) is 0 Å². The summed E-state index contributed by atoms with van der Waals surface area (Å²) < 4.78 is 5.25. The van der Waals surface area contributed by atoms with Crippen molar-refractivity contribution in [3.63, 3.8) is 0 Å². The van der Waals surface area contributed by atoms with Gasteiger partial charge in [0.1, 0.15) is 0 Å². The number of nitrogens with zero attached hydrogens (tertiary/aromatic N) is 1. The highest BCUT2D eigenvalue weighted by molar-refractivity contribution is 5.64. The third-order valence-corrected chi connectivity index (χ3v) is 3.20. The van der Waals surface area contributed by atoms with Crippen LogP contribution in [0.1, 0.15) is 38.5 Å². The van der Waals surface area contributed by atoms with E-state index in [2.05, 4.69) is 6.58 Å². The Morgan fingerprint density at radius 1 is 1.20 bits per heavy atom. The highest BCUT2D eigenvalue weighted by atomic mass is 16.5. The molecule has 0 heterocycles. The molecule has 0 aromatic carbocycles. The molecule has 20 heavy (non-hydrogen) atoms. The van der Waals surface area contributed by atoms with Crippen LogP contribution in [0.5, 0.6) is 0 Å². The molecule has 6 nitrogen and oxygen atoms in total. The Morgan fingerprint density at radius 3 is 2.40 bits per heavy atom. The molecule has 118 valence electrons. The Morgan fingerprint density at radius 2 is 1.85 bits per heavy atom. The van der Waals surface area contributed by atoms with Crippen molar-refractivity contribution in [2.24, 2.45) is 0 Å². The van der Waals surface area contributed by atoms with Crippen LogP contribution in [0.2, 0.25) is 0 Å². The van der Waals surface area contributed by atoms with E-state index in [1.54, 1.807) is 0 Å². The van der Waals surface area contributed by atoms with E-state index in [4.69, 9.17) is 4.74 Å². The Bertz CT molecular complexity index is 266. The van der Waals surface area contributed by atoms with Crippen LogP contribution in [-0.4, -0.2) is 54.0 Å². The van der Waals surface area contributed by atoms with Crippen LogP contribution in [0.15, 0.2) is 12.7 Å². The van der Waals surface area contributed by atoms with Crippen LogP contribution in [-0.2, 0) is 9.53 Å². The van der Waals surface area contributed by atoms with Crippen molar-refractivity contribution in [3.8, 4) is 0 Å². The molecule has 0 radical (unpaired) electrons. The number of carbonyl (C=O) groups is 1. The Labute approximate surface area is 120 Å². The molecule has 0 aliphatic carbocycles. The fourth-order valence-corrected chi connectivity index (χ4v) is 1.77. The predicted molar refractivity (Wildman–Crippen MR) is 73.0 cm³/mol. The molecule has 2 N–H and O–H groups in total. The van der Waals surface area contributed by atoms with Gasteiger partial charge in [0.15, 0.2) is 20.2 Å². The zero-order valence-electron chi connectivity index (χ0n) is 12.1. The van der Waals surface area contributed by atoms with Crippen molar-refractivity contribution in [2.75, 3.05) is 33.3 Å². The molecule has 6 heteroatoms. The van der Waals surface area contributed by atoms with Crippen molar-refractivity contribution in [1.82, 2.24) is 0 Å². The third-order valence-electron chi connectivity index (χ3n) is 3.20. The summed E-state index contributed by atoms with van der Waals surface area (Å²) in [5.41, 5.74) is 0. The quantitative estimate of drug-likeness (QED) is 0.203. The second-order valence-electron chi connectivity index (χ2n) is 5.00. The van der Waals surface area contributed by atoms with Gasteiger partial charge in [0, 0.05) is 12.4 Å². The summed E-state index contributed by atoms with van der Waals surface area (Å²) in [6.45, 7) is 3.68. The summed E-state index contributed by atoms with van der Waals surface area (Å²) in [5.74, 6) is -1.20. The largest absolute Gasteiger partial charge is 0.550 e. The van der Waals surface area contributed by atoms with Crippen LogP contribution >= 0.6 is 0 Å². The molecular weight excluding hydrogens is 262 g/mol. The summed E-state index contributed by atoms with van der Waals surface area (Å²) in [7, 11) is 0. The monoisotopic (exact) mass is 289 g/mol. The van der Waals surface area contributed by atoms with Gasteiger partial charge in [-0.3, -0.25) is 4.48 Å². The standard InChI is InChI=1S/C14H27NO5/c1-2-3-4-5-6-7-10-20-13-15(11-16,12-17)9-8-14(18)19/h2,16-17H,1,3-13H2. The second-order valence-corrected chi connectivity index (χ2v) is 5.00. The number of quaternary nitrogens is 1. The summed E-state index contributed by atoms with van der Waals surface area (Å²) in [5, 5.41) is 29.0. The lowest BCUT2D eigenvalue weighted by atomic mass is 10.1. The Kier molecular flexibility index (Phi) is 11.3. The average Bonchev–Trinajstić information content (AvgIpc) is 2.45. The first-order valence-corrected chi connectivity index (χ1v) is 7.05. The number of allylic oxidation sites excluding steroid dienone is 1. The van der Waals surface area contributed by atoms with Crippen LogP contribution in [0.25, 0.3) is 0 Å². The van der Waals surface area contributed by atoms with Crippen molar-refractivity contribution in [3.05, 3.63) is 12.7 Å². The van der Waals surface area contributed by atoms with Gasteiger partial charge in [-0.1, -0.05) is 18.9 Å². The van der Waals surface area contributed by atoms with Crippen molar-refractivity contribution in [1.29, 1.82) is 0 Å². The number of ether oxygens (including phenoxy) is 1. The minimum Gasteiger partial charge on any atom is -0.550 e. The van der Waals surface area contributed by atoms with E-state index >= 15 is 0 Å². The minimum absolute atomic E-state index is 0.0919. The van der Waals surface area contributed by atoms with Crippen LogP contribution < -0.4 is 5.11 Å². The van der Waals surface area contributed by atoms with E-state index in [-0.39, 0.29) is 37.6 Å². The number of carboxylic acids is 1. The lowest BCUT2D eigenvalue weighted by Gasteiger charge is -2.33.